The molecule has 2 aromatic carbocycles. The Kier molecular flexibility index (Phi) is 3.33. The number of fused-ring (bicyclic) bond motifs is 1. The van der Waals surface area contributed by atoms with Gasteiger partial charge in [-0.2, -0.15) is 0 Å². The highest BCUT2D eigenvalue weighted by Gasteiger charge is 2.08. The number of hydrogen-bond donors (Lipinski definition) is 1. The summed E-state index contributed by atoms with van der Waals surface area (Å²) in [7, 11) is 0. The summed E-state index contributed by atoms with van der Waals surface area (Å²) in [6.45, 7) is 2.18. The van der Waals surface area contributed by atoms with Crippen LogP contribution in [0.25, 0.3) is 22.3 Å². The number of aromatic nitrogens is 2. The van der Waals surface area contributed by atoms with Crippen LogP contribution in [0.2, 0.25) is 0 Å². The molecule has 1 heterocycles. The molecule has 3 nitrogen and oxygen atoms in total. The van der Waals surface area contributed by atoms with Gasteiger partial charge in [0.25, 0.3) is 0 Å². The van der Waals surface area contributed by atoms with E-state index in [1.54, 1.807) is 0 Å². The molecule has 100 valence electrons. The highest BCUT2D eigenvalue weighted by atomic mass is 14.9. The van der Waals surface area contributed by atoms with E-state index in [9.17, 15) is 0 Å². The monoisotopic (exact) mass is 263 g/mol. The van der Waals surface area contributed by atoms with Crippen LogP contribution in [-0.2, 0) is 6.42 Å². The second kappa shape index (κ2) is 5.29. The van der Waals surface area contributed by atoms with E-state index in [1.807, 2.05) is 30.3 Å². The molecule has 0 radical (unpaired) electrons. The lowest BCUT2D eigenvalue weighted by atomic mass is 10.0. The lowest BCUT2D eigenvalue weighted by Crippen LogP contribution is -1.98. The van der Waals surface area contributed by atoms with Crippen LogP contribution in [0.5, 0.6) is 0 Å². The Morgan fingerprint density at radius 1 is 0.950 bits per heavy atom. The first-order valence-corrected chi connectivity index (χ1v) is 6.89. The van der Waals surface area contributed by atoms with E-state index >= 15 is 0 Å². The molecule has 0 aliphatic heterocycles. The number of hydrogen-bond acceptors (Lipinski definition) is 3. The number of benzene rings is 2. The number of rotatable bonds is 3. The zero-order valence-corrected chi connectivity index (χ0v) is 11.5. The normalized spacial score (nSPS) is 10.8. The minimum absolute atomic E-state index is 0.484. The minimum Gasteiger partial charge on any atom is -0.382 e. The van der Waals surface area contributed by atoms with Gasteiger partial charge in [0.1, 0.15) is 5.69 Å². The second-order valence-electron chi connectivity index (χ2n) is 4.90. The summed E-state index contributed by atoms with van der Waals surface area (Å²) in [5.74, 6) is 0.484. The van der Waals surface area contributed by atoms with Crippen molar-refractivity contribution in [3.63, 3.8) is 0 Å². The van der Waals surface area contributed by atoms with Crippen LogP contribution in [0.15, 0.2) is 48.5 Å². The molecule has 0 aliphatic rings. The summed E-state index contributed by atoms with van der Waals surface area (Å²) in [4.78, 5) is 9.10. The average molecular weight is 263 g/mol. The molecule has 3 aromatic rings. The summed E-state index contributed by atoms with van der Waals surface area (Å²) in [6.07, 6.45) is 2.19. The zero-order chi connectivity index (χ0) is 13.9. The Morgan fingerprint density at radius 2 is 1.70 bits per heavy atom. The van der Waals surface area contributed by atoms with Crippen molar-refractivity contribution in [2.45, 2.75) is 19.8 Å². The number of para-hydroxylation sites is 2. The number of nitrogens with two attached hydrogens (primary N) is 1. The molecule has 0 spiro atoms. The van der Waals surface area contributed by atoms with Gasteiger partial charge in [0, 0.05) is 5.56 Å². The van der Waals surface area contributed by atoms with Gasteiger partial charge < -0.3 is 5.73 Å². The molecule has 0 amide bonds. The van der Waals surface area contributed by atoms with E-state index in [4.69, 9.17) is 5.73 Å². The van der Waals surface area contributed by atoms with Crippen LogP contribution < -0.4 is 5.73 Å². The molecule has 3 heteroatoms. The van der Waals surface area contributed by atoms with Crippen LogP contribution in [0.4, 0.5) is 5.82 Å². The largest absolute Gasteiger partial charge is 0.382 e. The van der Waals surface area contributed by atoms with E-state index in [1.165, 1.54) is 5.56 Å². The minimum atomic E-state index is 0.484. The van der Waals surface area contributed by atoms with Crippen LogP contribution in [0, 0.1) is 0 Å². The van der Waals surface area contributed by atoms with Crippen LogP contribution in [0.1, 0.15) is 18.9 Å². The summed E-state index contributed by atoms with van der Waals surface area (Å²) >= 11 is 0. The third-order valence-corrected chi connectivity index (χ3v) is 3.34. The molecule has 0 saturated heterocycles. The molecule has 3 rings (SSSR count). The number of nitrogen functional groups attached to an aromatic ring is 1. The molecule has 20 heavy (non-hydrogen) atoms. The van der Waals surface area contributed by atoms with Crippen molar-refractivity contribution in [2.24, 2.45) is 0 Å². The maximum atomic E-state index is 6.07. The summed E-state index contributed by atoms with van der Waals surface area (Å²) < 4.78 is 0. The van der Waals surface area contributed by atoms with E-state index in [0.29, 0.717) is 5.82 Å². The molecule has 0 saturated carbocycles. The Labute approximate surface area is 118 Å². The third kappa shape index (κ3) is 2.35. The van der Waals surface area contributed by atoms with E-state index in [0.717, 1.165) is 35.1 Å². The SMILES string of the molecule is CCCc1cccc(-c2nc3ccccc3nc2N)c1. The van der Waals surface area contributed by atoms with Crippen LogP contribution in [0.3, 0.4) is 0 Å². The van der Waals surface area contributed by atoms with E-state index < -0.39 is 0 Å². The lowest BCUT2D eigenvalue weighted by molar-refractivity contribution is 0.922. The smallest absolute Gasteiger partial charge is 0.150 e. The van der Waals surface area contributed by atoms with Crippen molar-refractivity contribution >= 4 is 16.9 Å². The summed E-state index contributed by atoms with van der Waals surface area (Å²) in [5, 5.41) is 0. The van der Waals surface area contributed by atoms with Gasteiger partial charge in [-0.25, -0.2) is 9.97 Å². The first-order valence-electron chi connectivity index (χ1n) is 6.89. The van der Waals surface area contributed by atoms with Gasteiger partial charge in [0.15, 0.2) is 5.82 Å². The van der Waals surface area contributed by atoms with Gasteiger partial charge in [-0.15, -0.1) is 0 Å². The molecule has 0 atom stereocenters. The molecule has 0 bridgehead atoms. The quantitative estimate of drug-likeness (QED) is 0.781. The zero-order valence-electron chi connectivity index (χ0n) is 11.5. The van der Waals surface area contributed by atoms with Crippen molar-refractivity contribution in [1.82, 2.24) is 9.97 Å². The van der Waals surface area contributed by atoms with Gasteiger partial charge in [-0.3, -0.25) is 0 Å². The molecule has 0 unspecified atom stereocenters. The predicted octanol–water partition coefficient (Wildman–Crippen LogP) is 3.83. The van der Waals surface area contributed by atoms with Crippen molar-refractivity contribution in [2.75, 3.05) is 5.73 Å². The van der Waals surface area contributed by atoms with Gasteiger partial charge in [0.2, 0.25) is 0 Å². The average Bonchev–Trinajstić information content (AvgIpc) is 2.47. The Balaban J connectivity index is 2.13. The first-order chi connectivity index (χ1) is 9.78. The van der Waals surface area contributed by atoms with Gasteiger partial charge >= 0.3 is 0 Å². The van der Waals surface area contributed by atoms with Crippen LogP contribution in [-0.4, -0.2) is 9.97 Å². The maximum Gasteiger partial charge on any atom is 0.150 e. The Morgan fingerprint density at radius 3 is 2.45 bits per heavy atom. The number of anilines is 1. The molecule has 2 N–H and O–H groups in total. The molecular weight excluding hydrogens is 246 g/mol. The highest BCUT2D eigenvalue weighted by Crippen LogP contribution is 2.25. The van der Waals surface area contributed by atoms with E-state index in [-0.39, 0.29) is 0 Å². The standard InChI is InChI=1S/C17H17N3/c1-2-6-12-7-5-8-13(11-12)16-17(18)20-15-10-4-3-9-14(15)19-16/h3-5,7-11H,2,6H2,1H3,(H2,18,20). The fourth-order valence-electron chi connectivity index (χ4n) is 2.39. The van der Waals surface area contributed by atoms with Crippen molar-refractivity contribution in [3.8, 4) is 11.3 Å². The molecular formula is C17H17N3. The van der Waals surface area contributed by atoms with Crippen molar-refractivity contribution in [3.05, 3.63) is 54.1 Å². The first kappa shape index (κ1) is 12.6. The van der Waals surface area contributed by atoms with Gasteiger partial charge in [-0.1, -0.05) is 43.7 Å². The maximum absolute atomic E-state index is 6.07. The number of aryl methyl sites for hydroxylation is 1. The van der Waals surface area contributed by atoms with Crippen molar-refractivity contribution < 1.29 is 0 Å². The second-order valence-corrected chi connectivity index (χ2v) is 4.90. The topological polar surface area (TPSA) is 51.8 Å². The Hall–Kier alpha value is -2.42. The molecule has 0 fully saturated rings. The van der Waals surface area contributed by atoms with E-state index in [2.05, 4.69) is 35.1 Å². The van der Waals surface area contributed by atoms with Gasteiger partial charge in [0.05, 0.1) is 11.0 Å². The molecule has 0 aliphatic carbocycles. The highest BCUT2D eigenvalue weighted by molar-refractivity contribution is 5.82. The summed E-state index contributed by atoms with van der Waals surface area (Å²) in [5.41, 5.74) is 10.9. The fourth-order valence-corrected chi connectivity index (χ4v) is 2.39. The fraction of sp³-hybridized carbons (Fsp3) is 0.176. The summed E-state index contributed by atoms with van der Waals surface area (Å²) in [6, 6.07) is 16.2. The van der Waals surface area contributed by atoms with Gasteiger partial charge in [-0.05, 0) is 30.2 Å². The predicted molar refractivity (Wildman–Crippen MR) is 83.4 cm³/mol. The third-order valence-electron chi connectivity index (χ3n) is 3.34. The van der Waals surface area contributed by atoms with Crippen molar-refractivity contribution in [1.29, 1.82) is 0 Å². The molecule has 1 aromatic heterocycles. The van der Waals surface area contributed by atoms with Crippen LogP contribution >= 0.6 is 0 Å². The Bertz CT molecular complexity index is 750. The lowest BCUT2D eigenvalue weighted by Gasteiger charge is -2.08. The number of nitrogens with zero attached hydrogens (tertiary/aromatic N) is 2.